The molecule has 0 unspecified atom stereocenters. The van der Waals surface area contributed by atoms with Crippen molar-refractivity contribution in [1.29, 1.82) is 0 Å². The molecule has 2 aromatic rings. The standard InChI is InChI=1S/C14H10BrClO3/c1-8-6-9(14(17)18)2-4-12(8)19-13-5-3-10(16)7-11(13)15/h2-7H,1H3,(H,17,18). The van der Waals surface area contributed by atoms with Crippen LogP contribution < -0.4 is 4.74 Å². The largest absolute Gasteiger partial charge is 0.478 e. The summed E-state index contributed by atoms with van der Waals surface area (Å²) in [5.74, 6) is 0.269. The van der Waals surface area contributed by atoms with Gasteiger partial charge in [-0.25, -0.2) is 4.79 Å². The number of benzene rings is 2. The second kappa shape index (κ2) is 5.63. The molecule has 0 saturated carbocycles. The maximum absolute atomic E-state index is 10.9. The van der Waals surface area contributed by atoms with E-state index in [0.29, 0.717) is 16.5 Å². The zero-order valence-electron chi connectivity index (χ0n) is 9.98. The van der Waals surface area contributed by atoms with Crippen LogP contribution in [0.2, 0.25) is 5.02 Å². The molecular formula is C14H10BrClO3. The number of carboxylic acids is 1. The summed E-state index contributed by atoms with van der Waals surface area (Å²) in [6.07, 6.45) is 0. The van der Waals surface area contributed by atoms with Crippen LogP contribution in [0.15, 0.2) is 40.9 Å². The van der Waals surface area contributed by atoms with E-state index in [-0.39, 0.29) is 5.56 Å². The van der Waals surface area contributed by atoms with Crippen LogP contribution in [0.25, 0.3) is 0 Å². The Bertz CT molecular complexity index is 641. The van der Waals surface area contributed by atoms with Gasteiger partial charge in [0, 0.05) is 5.02 Å². The molecule has 0 aliphatic rings. The highest BCUT2D eigenvalue weighted by Crippen LogP contribution is 2.33. The van der Waals surface area contributed by atoms with E-state index in [1.165, 1.54) is 6.07 Å². The first kappa shape index (κ1) is 13.9. The molecule has 0 fully saturated rings. The van der Waals surface area contributed by atoms with E-state index in [4.69, 9.17) is 21.4 Å². The first-order valence-corrected chi connectivity index (χ1v) is 6.61. The van der Waals surface area contributed by atoms with Gasteiger partial charge < -0.3 is 9.84 Å². The van der Waals surface area contributed by atoms with Crippen molar-refractivity contribution in [3.63, 3.8) is 0 Å². The number of carboxylic acid groups (broad SMARTS) is 1. The Labute approximate surface area is 123 Å². The van der Waals surface area contributed by atoms with Crippen LogP contribution in [-0.4, -0.2) is 11.1 Å². The van der Waals surface area contributed by atoms with Gasteiger partial charge in [0.1, 0.15) is 11.5 Å². The Balaban J connectivity index is 2.31. The van der Waals surface area contributed by atoms with Gasteiger partial charge in [-0.05, 0) is 64.8 Å². The molecule has 3 nitrogen and oxygen atoms in total. The highest BCUT2D eigenvalue weighted by atomic mass is 79.9. The summed E-state index contributed by atoms with van der Waals surface area (Å²) in [7, 11) is 0. The molecular weight excluding hydrogens is 332 g/mol. The van der Waals surface area contributed by atoms with Crippen molar-refractivity contribution in [1.82, 2.24) is 0 Å². The Morgan fingerprint density at radius 3 is 2.47 bits per heavy atom. The molecule has 1 N–H and O–H groups in total. The van der Waals surface area contributed by atoms with E-state index in [1.807, 2.05) is 0 Å². The van der Waals surface area contributed by atoms with Crippen LogP contribution in [0, 0.1) is 6.92 Å². The minimum absolute atomic E-state index is 0.236. The van der Waals surface area contributed by atoms with Gasteiger partial charge in [-0.15, -0.1) is 0 Å². The van der Waals surface area contributed by atoms with Crippen molar-refractivity contribution in [3.05, 3.63) is 57.0 Å². The van der Waals surface area contributed by atoms with Gasteiger partial charge in [0.25, 0.3) is 0 Å². The summed E-state index contributed by atoms with van der Waals surface area (Å²) >= 11 is 9.22. The first-order valence-electron chi connectivity index (χ1n) is 5.44. The fourth-order valence-electron chi connectivity index (χ4n) is 1.57. The summed E-state index contributed by atoms with van der Waals surface area (Å²) in [6, 6.07) is 9.92. The predicted molar refractivity (Wildman–Crippen MR) is 77.4 cm³/mol. The van der Waals surface area contributed by atoms with Crippen LogP contribution in [0.1, 0.15) is 15.9 Å². The van der Waals surface area contributed by atoms with Gasteiger partial charge in [-0.1, -0.05) is 11.6 Å². The maximum Gasteiger partial charge on any atom is 0.335 e. The van der Waals surface area contributed by atoms with Gasteiger partial charge >= 0.3 is 5.97 Å². The molecule has 0 saturated heterocycles. The first-order chi connectivity index (χ1) is 8.97. The smallest absolute Gasteiger partial charge is 0.335 e. The van der Waals surface area contributed by atoms with E-state index in [9.17, 15) is 4.79 Å². The van der Waals surface area contributed by atoms with Gasteiger partial charge in [0.2, 0.25) is 0 Å². The predicted octanol–water partition coefficient (Wildman–Crippen LogP) is 4.90. The van der Waals surface area contributed by atoms with E-state index < -0.39 is 5.97 Å². The minimum atomic E-state index is -0.956. The van der Waals surface area contributed by atoms with Crippen LogP contribution in [0.4, 0.5) is 0 Å². The average Bonchev–Trinajstić information content (AvgIpc) is 2.34. The van der Waals surface area contributed by atoms with E-state index in [1.54, 1.807) is 37.3 Å². The van der Waals surface area contributed by atoms with E-state index in [2.05, 4.69) is 15.9 Å². The summed E-state index contributed by atoms with van der Waals surface area (Å²) in [5, 5.41) is 9.51. The lowest BCUT2D eigenvalue weighted by atomic mass is 10.1. The molecule has 0 aliphatic heterocycles. The molecule has 0 amide bonds. The number of aromatic carboxylic acids is 1. The normalized spacial score (nSPS) is 10.3. The number of hydrogen-bond donors (Lipinski definition) is 1. The van der Waals surface area contributed by atoms with Crippen molar-refractivity contribution in [2.45, 2.75) is 6.92 Å². The Kier molecular flexibility index (Phi) is 4.12. The molecule has 0 spiro atoms. The SMILES string of the molecule is Cc1cc(C(=O)O)ccc1Oc1ccc(Cl)cc1Br. The molecule has 2 rings (SSSR count). The summed E-state index contributed by atoms with van der Waals surface area (Å²) in [6.45, 7) is 1.80. The summed E-state index contributed by atoms with van der Waals surface area (Å²) in [4.78, 5) is 10.9. The number of hydrogen-bond acceptors (Lipinski definition) is 2. The third-order valence-corrected chi connectivity index (χ3v) is 3.39. The van der Waals surface area contributed by atoms with Crippen molar-refractivity contribution >= 4 is 33.5 Å². The van der Waals surface area contributed by atoms with Crippen LogP contribution in [0.5, 0.6) is 11.5 Å². The zero-order chi connectivity index (χ0) is 14.0. The topological polar surface area (TPSA) is 46.5 Å². The lowest BCUT2D eigenvalue weighted by Crippen LogP contribution is -1.97. The number of rotatable bonds is 3. The number of halogens is 2. The average molecular weight is 342 g/mol. The second-order valence-electron chi connectivity index (χ2n) is 3.96. The molecule has 0 heterocycles. The van der Waals surface area contributed by atoms with Crippen LogP contribution >= 0.6 is 27.5 Å². The number of carbonyl (C=O) groups is 1. The maximum atomic E-state index is 10.9. The molecule has 19 heavy (non-hydrogen) atoms. The van der Waals surface area contributed by atoms with Crippen molar-refractivity contribution in [2.75, 3.05) is 0 Å². The highest BCUT2D eigenvalue weighted by Gasteiger charge is 2.09. The molecule has 5 heteroatoms. The highest BCUT2D eigenvalue weighted by molar-refractivity contribution is 9.10. The lowest BCUT2D eigenvalue weighted by Gasteiger charge is -2.11. The molecule has 0 radical (unpaired) electrons. The van der Waals surface area contributed by atoms with Crippen molar-refractivity contribution in [3.8, 4) is 11.5 Å². The Morgan fingerprint density at radius 1 is 1.21 bits per heavy atom. The van der Waals surface area contributed by atoms with E-state index in [0.717, 1.165) is 10.0 Å². The monoisotopic (exact) mass is 340 g/mol. The Morgan fingerprint density at radius 2 is 1.89 bits per heavy atom. The molecule has 98 valence electrons. The van der Waals surface area contributed by atoms with Gasteiger partial charge in [0.15, 0.2) is 0 Å². The molecule has 0 atom stereocenters. The third-order valence-electron chi connectivity index (χ3n) is 2.54. The number of aryl methyl sites for hydroxylation is 1. The Hall–Kier alpha value is -1.52. The fourth-order valence-corrected chi connectivity index (χ4v) is 2.34. The quantitative estimate of drug-likeness (QED) is 0.863. The third kappa shape index (κ3) is 3.28. The molecule has 2 aromatic carbocycles. The van der Waals surface area contributed by atoms with Crippen LogP contribution in [0.3, 0.4) is 0 Å². The molecule has 0 aromatic heterocycles. The summed E-state index contributed by atoms with van der Waals surface area (Å²) in [5.41, 5.74) is 0.988. The van der Waals surface area contributed by atoms with Gasteiger partial charge in [-0.2, -0.15) is 0 Å². The van der Waals surface area contributed by atoms with Gasteiger partial charge in [-0.3, -0.25) is 0 Å². The van der Waals surface area contributed by atoms with Gasteiger partial charge in [0.05, 0.1) is 10.0 Å². The fraction of sp³-hybridized carbons (Fsp3) is 0.0714. The number of ether oxygens (including phenoxy) is 1. The second-order valence-corrected chi connectivity index (χ2v) is 5.25. The minimum Gasteiger partial charge on any atom is -0.478 e. The van der Waals surface area contributed by atoms with Crippen molar-refractivity contribution in [2.24, 2.45) is 0 Å². The van der Waals surface area contributed by atoms with E-state index >= 15 is 0 Å². The molecule has 0 aliphatic carbocycles. The zero-order valence-corrected chi connectivity index (χ0v) is 12.3. The van der Waals surface area contributed by atoms with Crippen molar-refractivity contribution < 1.29 is 14.6 Å². The lowest BCUT2D eigenvalue weighted by molar-refractivity contribution is 0.0697. The van der Waals surface area contributed by atoms with Crippen LogP contribution in [-0.2, 0) is 0 Å². The molecule has 0 bridgehead atoms. The summed E-state index contributed by atoms with van der Waals surface area (Å²) < 4.78 is 6.47.